The number of carbonyl (C=O) groups excluding carboxylic acids is 1. The molecule has 0 bridgehead atoms. The van der Waals surface area contributed by atoms with Crippen molar-refractivity contribution in [1.29, 1.82) is 5.26 Å². The lowest BCUT2D eigenvalue weighted by Crippen LogP contribution is -2.14. The fourth-order valence-corrected chi connectivity index (χ4v) is 3.86. The van der Waals surface area contributed by atoms with Crippen molar-refractivity contribution in [2.24, 2.45) is 0 Å². The number of rotatable bonds is 5. The molecule has 8 heteroatoms. The lowest BCUT2D eigenvalue weighted by Gasteiger charge is -2.10. The Balaban J connectivity index is 2.34. The van der Waals surface area contributed by atoms with Gasteiger partial charge in [-0.1, -0.05) is 11.6 Å². The van der Waals surface area contributed by atoms with E-state index in [1.807, 2.05) is 6.07 Å². The van der Waals surface area contributed by atoms with Gasteiger partial charge in [0.25, 0.3) is 5.91 Å². The summed E-state index contributed by atoms with van der Waals surface area (Å²) in [5.74, 6) is 0.486. The van der Waals surface area contributed by atoms with Gasteiger partial charge in [0, 0.05) is 5.02 Å². The fraction of sp³-hybridized carbons (Fsp3) is 0.111. The summed E-state index contributed by atoms with van der Waals surface area (Å²) in [6, 6.07) is 10.2. The van der Waals surface area contributed by atoms with Crippen LogP contribution in [-0.2, 0) is 4.79 Å². The number of hydrogen-bond acceptors (Lipinski definition) is 4. The number of amides is 1. The zero-order chi connectivity index (χ0) is 19.3. The van der Waals surface area contributed by atoms with Gasteiger partial charge in [-0.3, -0.25) is 4.79 Å². The highest BCUT2D eigenvalue weighted by atomic mass is 79.9. The van der Waals surface area contributed by atoms with Crippen LogP contribution in [0.1, 0.15) is 5.56 Å². The minimum Gasteiger partial charge on any atom is -0.495 e. The van der Waals surface area contributed by atoms with E-state index >= 15 is 0 Å². The molecule has 1 amide bonds. The molecule has 0 aliphatic carbocycles. The van der Waals surface area contributed by atoms with Gasteiger partial charge in [-0.2, -0.15) is 5.26 Å². The van der Waals surface area contributed by atoms with Gasteiger partial charge in [0.05, 0.1) is 28.9 Å². The number of hydrogen-bond donors (Lipinski definition) is 1. The van der Waals surface area contributed by atoms with Gasteiger partial charge in [-0.05, 0) is 73.8 Å². The molecular formula is C18H13Br2ClN2O3. The topological polar surface area (TPSA) is 71.3 Å². The van der Waals surface area contributed by atoms with E-state index in [9.17, 15) is 10.1 Å². The molecule has 134 valence electrons. The summed E-state index contributed by atoms with van der Waals surface area (Å²) in [6.07, 6.45) is 1.47. The number of carbonyl (C=O) groups is 1. The van der Waals surface area contributed by atoms with Crippen molar-refractivity contribution < 1.29 is 14.3 Å². The lowest BCUT2D eigenvalue weighted by molar-refractivity contribution is -0.112. The minimum atomic E-state index is -0.573. The number of methoxy groups -OCH3 is 2. The highest BCUT2D eigenvalue weighted by molar-refractivity contribution is 9.11. The highest BCUT2D eigenvalue weighted by Crippen LogP contribution is 2.35. The average molecular weight is 501 g/mol. The molecule has 0 spiro atoms. The normalized spacial score (nSPS) is 10.8. The van der Waals surface area contributed by atoms with Gasteiger partial charge in [-0.15, -0.1) is 0 Å². The van der Waals surface area contributed by atoms with Crippen LogP contribution >= 0.6 is 43.5 Å². The molecule has 0 fully saturated rings. The maximum atomic E-state index is 12.5. The van der Waals surface area contributed by atoms with E-state index in [-0.39, 0.29) is 5.57 Å². The third-order valence-corrected chi connectivity index (χ3v) is 4.72. The predicted molar refractivity (Wildman–Crippen MR) is 109 cm³/mol. The van der Waals surface area contributed by atoms with Gasteiger partial charge in [0.15, 0.2) is 0 Å². The maximum Gasteiger partial charge on any atom is 0.266 e. The van der Waals surface area contributed by atoms with E-state index in [0.717, 1.165) is 0 Å². The Labute approximate surface area is 172 Å². The van der Waals surface area contributed by atoms with Crippen molar-refractivity contribution in [1.82, 2.24) is 0 Å². The highest BCUT2D eigenvalue weighted by Gasteiger charge is 2.14. The van der Waals surface area contributed by atoms with Crippen LogP contribution in [0.5, 0.6) is 11.5 Å². The van der Waals surface area contributed by atoms with Gasteiger partial charge in [0.2, 0.25) is 0 Å². The third kappa shape index (κ3) is 4.79. The smallest absolute Gasteiger partial charge is 0.266 e. The summed E-state index contributed by atoms with van der Waals surface area (Å²) >= 11 is 12.7. The summed E-state index contributed by atoms with van der Waals surface area (Å²) in [5.41, 5.74) is 0.952. The molecule has 0 saturated carbocycles. The average Bonchev–Trinajstić information content (AvgIpc) is 2.59. The third-order valence-electron chi connectivity index (χ3n) is 3.31. The van der Waals surface area contributed by atoms with Gasteiger partial charge in [-0.25, -0.2) is 0 Å². The zero-order valence-corrected chi connectivity index (χ0v) is 17.7. The fourth-order valence-electron chi connectivity index (χ4n) is 2.14. The van der Waals surface area contributed by atoms with E-state index < -0.39 is 5.91 Å². The molecule has 0 aliphatic rings. The van der Waals surface area contributed by atoms with E-state index in [1.54, 1.807) is 37.4 Å². The first-order chi connectivity index (χ1) is 12.4. The molecule has 2 aromatic rings. The molecule has 1 N–H and O–H groups in total. The van der Waals surface area contributed by atoms with Crippen molar-refractivity contribution in [3.8, 4) is 17.6 Å². The van der Waals surface area contributed by atoms with E-state index in [2.05, 4.69) is 37.2 Å². The first-order valence-corrected chi connectivity index (χ1v) is 9.15. The second-order valence-corrected chi connectivity index (χ2v) is 7.13. The lowest BCUT2D eigenvalue weighted by atomic mass is 10.1. The molecule has 0 radical (unpaired) electrons. The Morgan fingerprint density at radius 1 is 1.19 bits per heavy atom. The molecule has 0 aromatic heterocycles. The van der Waals surface area contributed by atoms with Gasteiger partial charge in [0.1, 0.15) is 23.1 Å². The number of anilines is 1. The van der Waals surface area contributed by atoms with E-state index in [4.69, 9.17) is 21.1 Å². The van der Waals surface area contributed by atoms with Crippen LogP contribution in [0.3, 0.4) is 0 Å². The minimum absolute atomic E-state index is 0.0732. The van der Waals surface area contributed by atoms with Crippen LogP contribution in [0.25, 0.3) is 6.08 Å². The van der Waals surface area contributed by atoms with Crippen LogP contribution in [0.2, 0.25) is 5.02 Å². The van der Waals surface area contributed by atoms with Crippen LogP contribution in [0.4, 0.5) is 5.69 Å². The second-order valence-electron chi connectivity index (χ2n) is 4.99. The molecule has 2 aromatic carbocycles. The number of halogens is 3. The first-order valence-electron chi connectivity index (χ1n) is 7.19. The molecule has 26 heavy (non-hydrogen) atoms. The number of ether oxygens (including phenoxy) is 2. The van der Waals surface area contributed by atoms with E-state index in [0.29, 0.717) is 36.7 Å². The van der Waals surface area contributed by atoms with Crippen molar-refractivity contribution in [2.45, 2.75) is 0 Å². The van der Waals surface area contributed by atoms with Gasteiger partial charge >= 0.3 is 0 Å². The molecule has 0 saturated heterocycles. The second kappa shape index (κ2) is 9.08. The van der Waals surface area contributed by atoms with E-state index in [1.165, 1.54) is 13.2 Å². The summed E-state index contributed by atoms with van der Waals surface area (Å²) in [7, 11) is 3.03. The Kier molecular flexibility index (Phi) is 7.09. The molecule has 0 atom stereocenters. The Morgan fingerprint density at radius 3 is 2.38 bits per heavy atom. The molecule has 0 heterocycles. The Hall–Kier alpha value is -2.01. The molecular weight excluding hydrogens is 487 g/mol. The summed E-state index contributed by atoms with van der Waals surface area (Å²) in [6.45, 7) is 0. The summed E-state index contributed by atoms with van der Waals surface area (Å²) in [4.78, 5) is 12.5. The van der Waals surface area contributed by atoms with Gasteiger partial charge < -0.3 is 14.8 Å². The van der Waals surface area contributed by atoms with Crippen LogP contribution in [0, 0.1) is 11.3 Å². The summed E-state index contributed by atoms with van der Waals surface area (Å²) in [5, 5.41) is 12.4. The number of benzene rings is 2. The maximum absolute atomic E-state index is 12.5. The molecule has 0 aliphatic heterocycles. The van der Waals surface area contributed by atoms with Crippen molar-refractivity contribution >= 4 is 61.1 Å². The molecule has 2 rings (SSSR count). The zero-order valence-electron chi connectivity index (χ0n) is 13.8. The largest absolute Gasteiger partial charge is 0.495 e. The van der Waals surface area contributed by atoms with Crippen molar-refractivity contribution in [3.63, 3.8) is 0 Å². The SMILES string of the molecule is COc1ccc(Cl)cc1NC(=O)/C(C#N)=C/c1cc(Br)c(OC)c(Br)c1. The van der Waals surface area contributed by atoms with Crippen molar-refractivity contribution in [2.75, 3.05) is 19.5 Å². The van der Waals surface area contributed by atoms with Crippen LogP contribution in [-0.4, -0.2) is 20.1 Å². The number of nitrogens with zero attached hydrogens (tertiary/aromatic N) is 1. The number of nitriles is 1. The van der Waals surface area contributed by atoms with Crippen LogP contribution < -0.4 is 14.8 Å². The number of nitrogens with one attached hydrogen (secondary N) is 1. The Bertz CT molecular complexity index is 900. The predicted octanol–water partition coefficient (Wildman–Crippen LogP) is 5.43. The quantitative estimate of drug-likeness (QED) is 0.439. The first kappa shape index (κ1) is 20.3. The van der Waals surface area contributed by atoms with Crippen molar-refractivity contribution in [3.05, 3.63) is 55.4 Å². The van der Waals surface area contributed by atoms with Crippen LogP contribution in [0.15, 0.2) is 44.9 Å². The standard InChI is InChI=1S/C18H13Br2ClN2O3/c1-25-16-4-3-12(21)8-15(16)23-18(24)11(9-22)5-10-6-13(19)17(26-2)14(20)7-10/h3-8H,1-2H3,(H,23,24)/b11-5+. The summed E-state index contributed by atoms with van der Waals surface area (Å²) < 4.78 is 11.8. The Morgan fingerprint density at radius 2 is 1.85 bits per heavy atom. The molecule has 0 unspecified atom stereocenters. The molecule has 5 nitrogen and oxygen atoms in total. The monoisotopic (exact) mass is 498 g/mol.